The molecule has 1 N–H and O–H groups in total. The molecule has 0 aliphatic rings. The van der Waals surface area contributed by atoms with Gasteiger partial charge in [-0.15, -0.1) is 24.0 Å². The highest BCUT2D eigenvalue weighted by atomic mass is 127. The van der Waals surface area contributed by atoms with Gasteiger partial charge >= 0.3 is 0 Å². The lowest BCUT2D eigenvalue weighted by Gasteiger charge is -2.22. The molecule has 0 aliphatic carbocycles. The average Bonchev–Trinajstić information content (AvgIpc) is 2.89. The number of benzene rings is 1. The Hall–Kier alpha value is -1.35. The number of aliphatic imine (C=N–C) groups is 1. The number of halogens is 2. The number of hydrogen-bond acceptors (Lipinski definition) is 4. The minimum Gasteiger partial charge on any atom is -0.356 e. The second-order valence-electron chi connectivity index (χ2n) is 4.95. The van der Waals surface area contributed by atoms with Gasteiger partial charge in [0.05, 0.1) is 0 Å². The van der Waals surface area contributed by atoms with Gasteiger partial charge in [-0.25, -0.2) is 0 Å². The van der Waals surface area contributed by atoms with Crippen molar-refractivity contribution in [3.63, 3.8) is 0 Å². The first-order valence-corrected chi connectivity index (χ1v) is 7.41. The Kier molecular flexibility index (Phi) is 8.32. The van der Waals surface area contributed by atoms with Crippen molar-refractivity contribution in [3.05, 3.63) is 46.6 Å². The first kappa shape index (κ1) is 19.7. The Morgan fingerprint density at radius 2 is 2.22 bits per heavy atom. The van der Waals surface area contributed by atoms with Crippen LogP contribution in [0.5, 0.6) is 0 Å². The molecule has 8 heteroatoms. The van der Waals surface area contributed by atoms with Crippen molar-refractivity contribution in [2.24, 2.45) is 4.99 Å². The number of rotatable bonds is 5. The number of aryl methyl sites for hydroxylation is 1. The molecule has 6 nitrogen and oxygen atoms in total. The molecule has 0 saturated heterocycles. The molecule has 126 valence electrons. The highest BCUT2D eigenvalue weighted by Crippen LogP contribution is 2.12. The molecule has 0 radical (unpaired) electrons. The van der Waals surface area contributed by atoms with Crippen molar-refractivity contribution in [2.45, 2.75) is 19.9 Å². The van der Waals surface area contributed by atoms with Gasteiger partial charge in [-0.2, -0.15) is 4.98 Å². The Bertz CT molecular complexity index is 646. The lowest BCUT2D eigenvalue weighted by Crippen LogP contribution is -2.39. The predicted molar refractivity (Wildman–Crippen MR) is 102 cm³/mol. The molecule has 23 heavy (non-hydrogen) atoms. The molecule has 1 heterocycles. The van der Waals surface area contributed by atoms with Gasteiger partial charge in [-0.05, 0) is 24.6 Å². The lowest BCUT2D eigenvalue weighted by molar-refractivity contribution is 0.373. The van der Waals surface area contributed by atoms with E-state index in [1.807, 2.05) is 36.2 Å². The monoisotopic (exact) mass is 449 g/mol. The van der Waals surface area contributed by atoms with Crippen molar-refractivity contribution in [3.8, 4) is 0 Å². The minimum atomic E-state index is 0. The first-order chi connectivity index (χ1) is 10.6. The number of aromatic nitrogens is 2. The van der Waals surface area contributed by atoms with Crippen LogP contribution in [-0.2, 0) is 13.0 Å². The summed E-state index contributed by atoms with van der Waals surface area (Å²) in [6.45, 7) is 3.20. The summed E-state index contributed by atoms with van der Waals surface area (Å²) in [7, 11) is 3.74. The Labute approximate surface area is 158 Å². The molecular weight excluding hydrogens is 429 g/mol. The summed E-state index contributed by atoms with van der Waals surface area (Å²) in [5.74, 6) is 2.08. The fourth-order valence-electron chi connectivity index (χ4n) is 2.09. The van der Waals surface area contributed by atoms with Gasteiger partial charge in [0.2, 0.25) is 5.89 Å². The summed E-state index contributed by atoms with van der Waals surface area (Å²) in [6.07, 6.45) is 0.658. The van der Waals surface area contributed by atoms with Gasteiger partial charge in [0.1, 0.15) is 0 Å². The molecule has 0 unspecified atom stereocenters. The van der Waals surface area contributed by atoms with Gasteiger partial charge in [0, 0.05) is 38.6 Å². The van der Waals surface area contributed by atoms with E-state index in [4.69, 9.17) is 16.1 Å². The molecule has 0 saturated carbocycles. The maximum absolute atomic E-state index is 6.01. The maximum atomic E-state index is 6.01. The van der Waals surface area contributed by atoms with Crippen LogP contribution in [0.4, 0.5) is 0 Å². The zero-order valence-corrected chi connectivity index (χ0v) is 16.5. The number of nitrogens with zero attached hydrogens (tertiary/aromatic N) is 4. The minimum absolute atomic E-state index is 0. The third-order valence-corrected chi connectivity index (χ3v) is 3.31. The molecule has 1 aromatic heterocycles. The van der Waals surface area contributed by atoms with E-state index < -0.39 is 0 Å². The third-order valence-electron chi connectivity index (χ3n) is 3.07. The van der Waals surface area contributed by atoms with Crippen LogP contribution in [0.2, 0.25) is 5.02 Å². The molecule has 1 aromatic carbocycles. The van der Waals surface area contributed by atoms with E-state index in [0.717, 1.165) is 23.1 Å². The van der Waals surface area contributed by atoms with E-state index in [9.17, 15) is 0 Å². The summed E-state index contributed by atoms with van der Waals surface area (Å²) in [6, 6.07) is 7.80. The van der Waals surface area contributed by atoms with Gasteiger partial charge in [0.15, 0.2) is 11.8 Å². The normalized spacial score (nSPS) is 11.0. The van der Waals surface area contributed by atoms with Crippen LogP contribution >= 0.6 is 35.6 Å². The predicted octanol–water partition coefficient (Wildman–Crippen LogP) is 2.90. The average molecular weight is 450 g/mol. The van der Waals surface area contributed by atoms with Crippen molar-refractivity contribution in [1.82, 2.24) is 20.4 Å². The van der Waals surface area contributed by atoms with E-state index in [1.165, 1.54) is 0 Å². The van der Waals surface area contributed by atoms with Crippen molar-refractivity contribution < 1.29 is 4.52 Å². The smallest absolute Gasteiger partial charge is 0.228 e. The van der Waals surface area contributed by atoms with Crippen LogP contribution in [0.1, 0.15) is 17.3 Å². The van der Waals surface area contributed by atoms with E-state index in [2.05, 4.69) is 20.4 Å². The SMILES string of the molecule is CN=C(NCCc1nc(C)no1)N(C)Cc1cccc(Cl)c1.I. The first-order valence-electron chi connectivity index (χ1n) is 7.04. The van der Waals surface area contributed by atoms with Gasteiger partial charge < -0.3 is 14.7 Å². The number of guanidine groups is 1. The van der Waals surface area contributed by atoms with Crippen LogP contribution in [0.3, 0.4) is 0 Å². The highest BCUT2D eigenvalue weighted by Gasteiger charge is 2.08. The standard InChI is InChI=1S/C15H20ClN5O.HI/c1-11-19-14(22-20-11)7-8-18-15(17-2)21(3)10-12-5-4-6-13(16)9-12;/h4-6,9H,7-8,10H2,1-3H3,(H,17,18);1H. The number of nitrogens with one attached hydrogen (secondary N) is 1. The van der Waals surface area contributed by atoms with E-state index in [1.54, 1.807) is 14.0 Å². The Morgan fingerprint density at radius 3 is 2.83 bits per heavy atom. The van der Waals surface area contributed by atoms with Crippen LogP contribution < -0.4 is 5.32 Å². The van der Waals surface area contributed by atoms with Gasteiger partial charge in [0.25, 0.3) is 0 Å². The second-order valence-corrected chi connectivity index (χ2v) is 5.38. The van der Waals surface area contributed by atoms with Crippen LogP contribution in [-0.4, -0.2) is 41.6 Å². The van der Waals surface area contributed by atoms with Crippen LogP contribution in [0.15, 0.2) is 33.8 Å². The molecule has 2 rings (SSSR count). The molecule has 0 aliphatic heterocycles. The molecule has 0 amide bonds. The van der Waals surface area contributed by atoms with Crippen molar-refractivity contribution >= 4 is 41.5 Å². The highest BCUT2D eigenvalue weighted by molar-refractivity contribution is 14.0. The topological polar surface area (TPSA) is 66.5 Å². The molecular formula is C15H21ClIN5O. The number of hydrogen-bond donors (Lipinski definition) is 1. The summed E-state index contributed by atoms with van der Waals surface area (Å²) >= 11 is 6.01. The molecule has 0 atom stereocenters. The fraction of sp³-hybridized carbons (Fsp3) is 0.400. The van der Waals surface area contributed by atoms with Crippen molar-refractivity contribution in [2.75, 3.05) is 20.6 Å². The molecule has 0 spiro atoms. The summed E-state index contributed by atoms with van der Waals surface area (Å²) in [5, 5.41) is 7.78. The van der Waals surface area contributed by atoms with Gasteiger partial charge in [-0.1, -0.05) is 28.9 Å². The Morgan fingerprint density at radius 1 is 1.43 bits per heavy atom. The van der Waals surface area contributed by atoms with E-state index in [0.29, 0.717) is 24.7 Å². The maximum Gasteiger partial charge on any atom is 0.228 e. The third kappa shape index (κ3) is 6.34. The summed E-state index contributed by atoms with van der Waals surface area (Å²) in [5.41, 5.74) is 1.13. The van der Waals surface area contributed by atoms with E-state index in [-0.39, 0.29) is 24.0 Å². The Balaban J connectivity index is 0.00000264. The zero-order valence-electron chi connectivity index (χ0n) is 13.4. The summed E-state index contributed by atoms with van der Waals surface area (Å²) < 4.78 is 5.08. The molecule has 0 fully saturated rings. The van der Waals surface area contributed by atoms with E-state index >= 15 is 0 Å². The van der Waals surface area contributed by atoms with Crippen LogP contribution in [0, 0.1) is 6.92 Å². The zero-order chi connectivity index (χ0) is 15.9. The molecule has 2 aromatic rings. The van der Waals surface area contributed by atoms with Crippen molar-refractivity contribution in [1.29, 1.82) is 0 Å². The second kappa shape index (κ2) is 9.71. The van der Waals surface area contributed by atoms with Crippen LogP contribution in [0.25, 0.3) is 0 Å². The quantitative estimate of drug-likeness (QED) is 0.432. The summed E-state index contributed by atoms with van der Waals surface area (Å²) in [4.78, 5) is 10.5. The lowest BCUT2D eigenvalue weighted by atomic mass is 10.2. The largest absolute Gasteiger partial charge is 0.356 e. The fourth-order valence-corrected chi connectivity index (χ4v) is 2.30. The van der Waals surface area contributed by atoms with Gasteiger partial charge in [-0.3, -0.25) is 4.99 Å². The molecule has 0 bridgehead atoms.